The van der Waals surface area contributed by atoms with Gasteiger partial charge in [0.05, 0.1) is 11.3 Å². The number of aromatic nitrogens is 2. The van der Waals surface area contributed by atoms with E-state index in [1.165, 1.54) is 23.1 Å². The van der Waals surface area contributed by atoms with Crippen LogP contribution in [0.15, 0.2) is 64.5 Å². The molecule has 3 heterocycles. The number of amides is 1. The molecule has 0 saturated carbocycles. The van der Waals surface area contributed by atoms with E-state index in [1.807, 2.05) is 43.3 Å². The van der Waals surface area contributed by atoms with Gasteiger partial charge in [-0.05, 0) is 30.7 Å². The molecule has 9 heteroatoms. The van der Waals surface area contributed by atoms with Crippen molar-refractivity contribution in [2.45, 2.75) is 18.6 Å². The predicted octanol–water partition coefficient (Wildman–Crippen LogP) is 4.60. The lowest BCUT2D eigenvalue weighted by molar-refractivity contribution is -0.113. The normalized spacial score (nSPS) is 12.3. The third-order valence-corrected chi connectivity index (χ3v) is 7.10. The van der Waals surface area contributed by atoms with Crippen LogP contribution in [-0.4, -0.2) is 28.0 Å². The van der Waals surface area contributed by atoms with Crippen molar-refractivity contribution in [2.24, 2.45) is 0 Å². The van der Waals surface area contributed by atoms with Gasteiger partial charge < -0.3 is 14.8 Å². The first-order valence-electron chi connectivity index (χ1n) is 10.0. The highest BCUT2D eigenvalue weighted by atomic mass is 32.2. The summed E-state index contributed by atoms with van der Waals surface area (Å²) in [6.07, 6.45) is 0. The van der Waals surface area contributed by atoms with Gasteiger partial charge in [0.1, 0.15) is 4.70 Å². The Morgan fingerprint density at radius 3 is 2.78 bits per heavy atom. The third kappa shape index (κ3) is 3.96. The first-order chi connectivity index (χ1) is 15.6. The average molecular weight is 466 g/mol. The highest BCUT2D eigenvalue weighted by Gasteiger charge is 2.17. The van der Waals surface area contributed by atoms with Crippen LogP contribution in [0.2, 0.25) is 0 Å². The highest BCUT2D eigenvalue weighted by molar-refractivity contribution is 7.99. The van der Waals surface area contributed by atoms with Crippen molar-refractivity contribution in [3.05, 3.63) is 65.0 Å². The molecule has 0 aliphatic carbocycles. The molecule has 0 fully saturated rings. The van der Waals surface area contributed by atoms with Crippen LogP contribution in [0.3, 0.4) is 0 Å². The minimum Gasteiger partial charge on any atom is -0.454 e. The van der Waals surface area contributed by atoms with Gasteiger partial charge in [0.25, 0.3) is 5.56 Å². The molecule has 0 atom stereocenters. The summed E-state index contributed by atoms with van der Waals surface area (Å²) in [5, 5.41) is 3.38. The number of nitrogens with one attached hydrogen (secondary N) is 1. The van der Waals surface area contributed by atoms with E-state index in [4.69, 9.17) is 14.5 Å². The highest BCUT2D eigenvalue weighted by Crippen LogP contribution is 2.34. The number of hydrogen-bond donors (Lipinski definition) is 1. The molecule has 4 aromatic rings. The van der Waals surface area contributed by atoms with Crippen molar-refractivity contribution in [1.29, 1.82) is 0 Å². The van der Waals surface area contributed by atoms with Crippen LogP contribution >= 0.6 is 23.1 Å². The summed E-state index contributed by atoms with van der Waals surface area (Å²) in [4.78, 5) is 31.3. The molecule has 0 unspecified atom stereocenters. The SMILES string of the molecule is CCn1c(SCC(=O)Nc2ccc3c(c2)OCO3)nc2cc(-c3ccccc3)sc2c1=O. The maximum atomic E-state index is 13.1. The Morgan fingerprint density at radius 1 is 1.16 bits per heavy atom. The zero-order chi connectivity index (χ0) is 22.1. The summed E-state index contributed by atoms with van der Waals surface area (Å²) in [6.45, 7) is 2.56. The van der Waals surface area contributed by atoms with Crippen LogP contribution in [0, 0.1) is 0 Å². The molecule has 2 aromatic carbocycles. The second kappa shape index (κ2) is 8.68. The number of ether oxygens (including phenoxy) is 2. The fraction of sp³-hybridized carbons (Fsp3) is 0.174. The quantitative estimate of drug-likeness (QED) is 0.331. The molecule has 1 amide bonds. The van der Waals surface area contributed by atoms with Gasteiger partial charge in [-0.15, -0.1) is 11.3 Å². The lowest BCUT2D eigenvalue weighted by Gasteiger charge is -2.10. The van der Waals surface area contributed by atoms with E-state index in [0.29, 0.717) is 39.1 Å². The van der Waals surface area contributed by atoms with Gasteiger partial charge in [0.15, 0.2) is 16.7 Å². The third-order valence-electron chi connectivity index (χ3n) is 4.96. The minimum atomic E-state index is -0.193. The van der Waals surface area contributed by atoms with E-state index < -0.39 is 0 Å². The molecule has 162 valence electrons. The lowest BCUT2D eigenvalue weighted by Crippen LogP contribution is -2.22. The van der Waals surface area contributed by atoms with Crippen molar-refractivity contribution in [1.82, 2.24) is 9.55 Å². The van der Waals surface area contributed by atoms with Crippen LogP contribution in [0.1, 0.15) is 6.92 Å². The smallest absolute Gasteiger partial charge is 0.272 e. The Bertz CT molecular complexity index is 1370. The molecule has 0 radical (unpaired) electrons. The van der Waals surface area contributed by atoms with E-state index >= 15 is 0 Å². The van der Waals surface area contributed by atoms with E-state index in [0.717, 1.165) is 10.4 Å². The number of hydrogen-bond acceptors (Lipinski definition) is 7. The number of thioether (sulfide) groups is 1. The number of fused-ring (bicyclic) bond motifs is 2. The first kappa shape index (κ1) is 20.6. The topological polar surface area (TPSA) is 82.5 Å². The van der Waals surface area contributed by atoms with E-state index in [2.05, 4.69) is 5.32 Å². The summed E-state index contributed by atoms with van der Waals surface area (Å²) in [5.74, 6) is 1.20. The van der Waals surface area contributed by atoms with E-state index in [9.17, 15) is 9.59 Å². The fourth-order valence-electron chi connectivity index (χ4n) is 3.43. The molecule has 32 heavy (non-hydrogen) atoms. The number of nitrogens with zero attached hydrogens (tertiary/aromatic N) is 2. The van der Waals surface area contributed by atoms with Crippen molar-refractivity contribution in [3.63, 3.8) is 0 Å². The average Bonchev–Trinajstić information content (AvgIpc) is 3.45. The second-order valence-corrected chi connectivity index (χ2v) is 9.03. The van der Waals surface area contributed by atoms with Crippen LogP contribution in [0.5, 0.6) is 11.5 Å². The molecule has 2 aromatic heterocycles. The van der Waals surface area contributed by atoms with Gasteiger partial charge in [0.2, 0.25) is 12.7 Å². The Kier molecular flexibility index (Phi) is 5.59. The Labute approximate surface area is 192 Å². The summed E-state index contributed by atoms with van der Waals surface area (Å²) >= 11 is 2.69. The van der Waals surface area contributed by atoms with Crippen molar-refractivity contribution >= 4 is 44.9 Å². The monoisotopic (exact) mass is 465 g/mol. The molecular weight excluding hydrogens is 446 g/mol. The maximum Gasteiger partial charge on any atom is 0.272 e. The van der Waals surface area contributed by atoms with Gasteiger partial charge >= 0.3 is 0 Å². The van der Waals surface area contributed by atoms with Crippen molar-refractivity contribution in [2.75, 3.05) is 17.9 Å². The molecule has 0 saturated heterocycles. The summed E-state index contributed by atoms with van der Waals surface area (Å²) in [5.41, 5.74) is 2.25. The molecule has 5 rings (SSSR count). The number of carbonyl (C=O) groups excluding carboxylic acids is 1. The minimum absolute atomic E-state index is 0.0802. The first-order valence-corrected chi connectivity index (χ1v) is 11.8. The van der Waals surface area contributed by atoms with Crippen molar-refractivity contribution in [3.8, 4) is 21.9 Å². The van der Waals surface area contributed by atoms with E-state index in [-0.39, 0.29) is 24.0 Å². The summed E-state index contributed by atoms with van der Waals surface area (Å²) < 4.78 is 12.9. The zero-order valence-corrected chi connectivity index (χ0v) is 18.8. The number of benzene rings is 2. The fourth-order valence-corrected chi connectivity index (χ4v) is 5.34. The molecule has 1 aliphatic heterocycles. The van der Waals surface area contributed by atoms with Gasteiger partial charge in [-0.3, -0.25) is 14.2 Å². The zero-order valence-electron chi connectivity index (χ0n) is 17.2. The molecule has 1 aliphatic rings. The summed E-state index contributed by atoms with van der Waals surface area (Å²) in [7, 11) is 0. The Balaban J connectivity index is 1.36. The molecule has 0 bridgehead atoms. The van der Waals surface area contributed by atoms with Gasteiger partial charge in [-0.25, -0.2) is 4.98 Å². The van der Waals surface area contributed by atoms with E-state index in [1.54, 1.807) is 22.8 Å². The van der Waals surface area contributed by atoms with Gasteiger partial charge in [0, 0.05) is 23.2 Å². The van der Waals surface area contributed by atoms with Crippen LogP contribution in [-0.2, 0) is 11.3 Å². The largest absolute Gasteiger partial charge is 0.454 e. The standard InChI is InChI=1S/C23H19N3O4S2/c1-2-26-22(28)21-16(11-19(32-21)14-6-4-3-5-7-14)25-23(26)31-12-20(27)24-15-8-9-17-18(10-15)30-13-29-17/h3-11H,2,12-13H2,1H3,(H,24,27). The predicted molar refractivity (Wildman–Crippen MR) is 127 cm³/mol. The Hall–Kier alpha value is -3.30. The van der Waals surface area contributed by atoms with Crippen LogP contribution < -0.4 is 20.3 Å². The number of rotatable bonds is 6. The second-order valence-electron chi connectivity index (χ2n) is 7.04. The number of thiophene rings is 1. The molecular formula is C23H19N3O4S2. The molecule has 0 spiro atoms. The Morgan fingerprint density at radius 2 is 1.97 bits per heavy atom. The summed E-state index contributed by atoms with van der Waals surface area (Å²) in [6, 6.07) is 17.1. The number of anilines is 1. The molecule has 7 nitrogen and oxygen atoms in total. The van der Waals surface area contributed by atoms with Gasteiger partial charge in [-0.1, -0.05) is 42.1 Å². The van der Waals surface area contributed by atoms with Crippen molar-refractivity contribution < 1.29 is 14.3 Å². The van der Waals surface area contributed by atoms with Gasteiger partial charge in [-0.2, -0.15) is 0 Å². The number of carbonyl (C=O) groups is 1. The maximum absolute atomic E-state index is 13.1. The lowest BCUT2D eigenvalue weighted by atomic mass is 10.2. The van der Waals surface area contributed by atoms with Crippen LogP contribution in [0.4, 0.5) is 5.69 Å². The van der Waals surface area contributed by atoms with Crippen LogP contribution in [0.25, 0.3) is 20.7 Å². The molecule has 1 N–H and O–H groups in total.